The molecule has 6 bridgehead atoms. The SMILES string of the molecule is Cc1ccc(N2c3cccc(c3)-c3cccc(c3)N(c3ccc(C)cc3)c3cc(C(C)(O)O)cc2c3Cl)cc1. The summed E-state index contributed by atoms with van der Waals surface area (Å²) in [6, 6.07) is 36.6. The van der Waals surface area contributed by atoms with Gasteiger partial charge in [-0.1, -0.05) is 71.3 Å². The highest BCUT2D eigenvalue weighted by Gasteiger charge is 2.29. The Morgan fingerprint density at radius 2 is 0.974 bits per heavy atom. The minimum atomic E-state index is -2.09. The molecular weight excluding hydrogens is 504 g/mol. The molecule has 0 unspecified atom stereocenters. The molecule has 6 rings (SSSR count). The van der Waals surface area contributed by atoms with Gasteiger partial charge in [0.2, 0.25) is 0 Å². The quantitative estimate of drug-likeness (QED) is 0.223. The van der Waals surface area contributed by atoms with Crippen molar-refractivity contribution in [2.24, 2.45) is 0 Å². The predicted molar refractivity (Wildman–Crippen MR) is 161 cm³/mol. The van der Waals surface area contributed by atoms with Crippen LogP contribution in [-0.4, -0.2) is 10.2 Å². The first-order valence-electron chi connectivity index (χ1n) is 12.9. The summed E-state index contributed by atoms with van der Waals surface area (Å²) in [6.45, 7) is 5.48. The summed E-state index contributed by atoms with van der Waals surface area (Å²) in [5, 5.41) is 22.1. The lowest BCUT2D eigenvalue weighted by Crippen LogP contribution is -2.22. The number of halogens is 1. The predicted octanol–water partition coefficient (Wildman–Crippen LogP) is 9.03. The van der Waals surface area contributed by atoms with Crippen LogP contribution in [-0.2, 0) is 5.79 Å². The van der Waals surface area contributed by atoms with Crippen LogP contribution in [0.15, 0.2) is 109 Å². The summed E-state index contributed by atoms with van der Waals surface area (Å²) in [5.41, 5.74) is 9.68. The number of rotatable bonds is 3. The molecule has 0 fully saturated rings. The molecule has 0 amide bonds. The third-order valence-corrected chi connectivity index (χ3v) is 7.58. The maximum absolute atomic E-state index is 10.8. The molecule has 5 heteroatoms. The molecule has 0 atom stereocenters. The molecule has 1 heterocycles. The lowest BCUT2D eigenvalue weighted by molar-refractivity contribution is -0.152. The molecule has 0 saturated heterocycles. The second-order valence-electron chi connectivity index (χ2n) is 10.3. The number of anilines is 6. The van der Waals surface area contributed by atoms with E-state index in [0.717, 1.165) is 45.0 Å². The van der Waals surface area contributed by atoms with Crippen LogP contribution in [0.5, 0.6) is 0 Å². The van der Waals surface area contributed by atoms with Crippen LogP contribution in [0.1, 0.15) is 23.6 Å². The molecule has 1 aliphatic rings. The molecule has 194 valence electrons. The van der Waals surface area contributed by atoms with E-state index < -0.39 is 5.79 Å². The summed E-state index contributed by atoms with van der Waals surface area (Å²) in [5.74, 6) is -2.09. The lowest BCUT2D eigenvalue weighted by atomic mass is 10.0. The molecule has 0 aliphatic carbocycles. The van der Waals surface area contributed by atoms with Gasteiger partial charge in [0, 0.05) is 28.3 Å². The Bertz CT molecular complexity index is 1560. The molecule has 1 aliphatic heterocycles. The smallest absolute Gasteiger partial charge is 0.186 e. The standard InChI is InChI=1S/C34H29ClN2O2/c1-22-10-14-27(15-11-22)36-29-8-4-6-24(18-29)25-7-5-9-30(19-25)37(28-16-12-23(2)13-17-28)32-21-26(34(3,38)39)20-31(36)33(32)35/h4-21,38-39H,1-3H3. The molecule has 0 spiro atoms. The van der Waals surface area contributed by atoms with Gasteiger partial charge in [0.15, 0.2) is 5.79 Å². The lowest BCUT2D eigenvalue weighted by Gasteiger charge is -2.32. The first-order chi connectivity index (χ1) is 18.7. The monoisotopic (exact) mass is 532 g/mol. The summed E-state index contributed by atoms with van der Waals surface area (Å²) in [6.07, 6.45) is 0. The Balaban J connectivity index is 1.75. The summed E-state index contributed by atoms with van der Waals surface area (Å²) in [7, 11) is 0. The third kappa shape index (κ3) is 4.68. The molecule has 4 nitrogen and oxygen atoms in total. The van der Waals surface area contributed by atoms with E-state index in [-0.39, 0.29) is 0 Å². The minimum Gasteiger partial charge on any atom is -0.362 e. The van der Waals surface area contributed by atoms with E-state index >= 15 is 0 Å². The highest BCUT2D eigenvalue weighted by atomic mass is 35.5. The van der Waals surface area contributed by atoms with Gasteiger partial charge in [-0.15, -0.1) is 0 Å². The first kappa shape index (κ1) is 25.2. The third-order valence-electron chi connectivity index (χ3n) is 7.19. The van der Waals surface area contributed by atoms with Gasteiger partial charge in [-0.2, -0.15) is 0 Å². The number of nitrogens with zero attached hydrogens (tertiary/aromatic N) is 2. The first-order valence-corrected chi connectivity index (χ1v) is 13.3. The Hall–Kier alpha value is -4.09. The van der Waals surface area contributed by atoms with E-state index in [9.17, 15) is 10.2 Å². The summed E-state index contributed by atoms with van der Waals surface area (Å²) in [4.78, 5) is 4.15. The van der Waals surface area contributed by atoms with Gasteiger partial charge in [0.05, 0.1) is 16.4 Å². The largest absolute Gasteiger partial charge is 0.362 e. The topological polar surface area (TPSA) is 46.9 Å². The highest BCUT2D eigenvalue weighted by molar-refractivity contribution is 6.36. The van der Waals surface area contributed by atoms with Crippen LogP contribution in [0.25, 0.3) is 11.1 Å². The summed E-state index contributed by atoms with van der Waals surface area (Å²) < 4.78 is 0. The van der Waals surface area contributed by atoms with E-state index in [2.05, 4.69) is 96.4 Å². The van der Waals surface area contributed by atoms with E-state index in [1.807, 2.05) is 24.3 Å². The van der Waals surface area contributed by atoms with Crippen molar-refractivity contribution in [2.45, 2.75) is 26.6 Å². The Morgan fingerprint density at radius 3 is 1.36 bits per heavy atom. The van der Waals surface area contributed by atoms with Crippen molar-refractivity contribution in [1.82, 2.24) is 0 Å². The van der Waals surface area contributed by atoms with Gasteiger partial charge in [0.25, 0.3) is 0 Å². The van der Waals surface area contributed by atoms with Crippen LogP contribution in [0.2, 0.25) is 5.02 Å². The highest BCUT2D eigenvalue weighted by Crippen LogP contribution is 2.49. The Labute approximate surface area is 234 Å². The number of aliphatic hydroxyl groups is 2. The zero-order chi connectivity index (χ0) is 27.3. The molecule has 39 heavy (non-hydrogen) atoms. The van der Waals surface area contributed by atoms with Gasteiger partial charge in [-0.05, 0) is 92.6 Å². The van der Waals surface area contributed by atoms with Crippen LogP contribution in [0, 0.1) is 13.8 Å². The number of benzene rings is 5. The molecule has 5 aromatic carbocycles. The molecule has 0 aromatic heterocycles. The fourth-order valence-corrected chi connectivity index (χ4v) is 5.36. The fourth-order valence-electron chi connectivity index (χ4n) is 5.08. The van der Waals surface area contributed by atoms with E-state index in [1.165, 1.54) is 6.92 Å². The molecule has 0 radical (unpaired) electrons. The Kier molecular flexibility index (Phi) is 6.19. The maximum Gasteiger partial charge on any atom is 0.186 e. The van der Waals surface area contributed by atoms with Gasteiger partial charge in [-0.25, -0.2) is 0 Å². The van der Waals surface area contributed by atoms with Crippen LogP contribution < -0.4 is 9.80 Å². The van der Waals surface area contributed by atoms with E-state index in [0.29, 0.717) is 22.0 Å². The number of fused-ring (bicyclic) bond motifs is 7. The van der Waals surface area contributed by atoms with Crippen molar-refractivity contribution in [1.29, 1.82) is 0 Å². The zero-order valence-corrected chi connectivity index (χ0v) is 22.8. The summed E-state index contributed by atoms with van der Waals surface area (Å²) >= 11 is 7.35. The van der Waals surface area contributed by atoms with Crippen molar-refractivity contribution in [3.63, 3.8) is 0 Å². The fraction of sp³-hybridized carbons (Fsp3) is 0.118. The zero-order valence-electron chi connectivity index (χ0n) is 22.1. The second kappa shape index (κ2) is 9.58. The van der Waals surface area contributed by atoms with Gasteiger partial charge in [0.1, 0.15) is 0 Å². The van der Waals surface area contributed by atoms with Gasteiger partial charge < -0.3 is 20.0 Å². The van der Waals surface area contributed by atoms with Crippen molar-refractivity contribution in [3.05, 3.63) is 131 Å². The van der Waals surface area contributed by atoms with Crippen LogP contribution in [0.3, 0.4) is 0 Å². The average molecular weight is 533 g/mol. The Morgan fingerprint density at radius 1 is 0.564 bits per heavy atom. The number of hydrogen-bond donors (Lipinski definition) is 2. The van der Waals surface area contributed by atoms with Crippen molar-refractivity contribution >= 4 is 45.7 Å². The number of hydrogen-bond acceptors (Lipinski definition) is 4. The van der Waals surface area contributed by atoms with Crippen molar-refractivity contribution in [2.75, 3.05) is 9.80 Å². The second-order valence-corrected chi connectivity index (χ2v) is 10.7. The van der Waals surface area contributed by atoms with E-state index in [1.54, 1.807) is 12.1 Å². The van der Waals surface area contributed by atoms with Crippen molar-refractivity contribution < 1.29 is 10.2 Å². The van der Waals surface area contributed by atoms with E-state index in [4.69, 9.17) is 11.6 Å². The normalized spacial score (nSPS) is 12.8. The average Bonchev–Trinajstić information content (AvgIpc) is 2.92. The van der Waals surface area contributed by atoms with Crippen LogP contribution in [0.4, 0.5) is 34.1 Å². The van der Waals surface area contributed by atoms with Gasteiger partial charge in [-0.3, -0.25) is 0 Å². The molecule has 2 N–H and O–H groups in total. The minimum absolute atomic E-state index is 0.331. The van der Waals surface area contributed by atoms with Crippen molar-refractivity contribution in [3.8, 4) is 11.1 Å². The number of aryl methyl sites for hydroxylation is 2. The van der Waals surface area contributed by atoms with Gasteiger partial charge >= 0.3 is 0 Å². The molecule has 0 saturated carbocycles. The molecular formula is C34H29ClN2O2. The molecule has 5 aromatic rings. The van der Waals surface area contributed by atoms with Crippen LogP contribution >= 0.6 is 11.6 Å². The maximum atomic E-state index is 10.8.